The van der Waals surface area contributed by atoms with Crippen LogP contribution < -0.4 is 5.32 Å². The summed E-state index contributed by atoms with van der Waals surface area (Å²) in [5, 5.41) is 6.81. The second-order valence-electron chi connectivity index (χ2n) is 2.64. The molecule has 1 aliphatic carbocycles. The molecule has 1 heterocycles. The zero-order valence-corrected chi connectivity index (χ0v) is 5.92. The van der Waals surface area contributed by atoms with Gasteiger partial charge in [0.1, 0.15) is 0 Å². The van der Waals surface area contributed by atoms with E-state index in [1.54, 1.807) is 0 Å². The Labute approximate surface area is 59.4 Å². The van der Waals surface area contributed by atoms with Crippen LogP contribution in [0.1, 0.15) is 24.5 Å². The van der Waals surface area contributed by atoms with Crippen LogP contribution >= 0.6 is 0 Å². The van der Waals surface area contributed by atoms with Crippen LogP contribution in [-0.4, -0.2) is 12.2 Å². The summed E-state index contributed by atoms with van der Waals surface area (Å²) in [5.41, 5.74) is 1.10. The number of hydrogen-bond donors (Lipinski definition) is 1. The van der Waals surface area contributed by atoms with Crippen molar-refractivity contribution in [3.05, 3.63) is 11.8 Å². The van der Waals surface area contributed by atoms with E-state index in [1.807, 2.05) is 13.1 Å². The smallest absolute Gasteiger partial charge is 0.224 e. The van der Waals surface area contributed by atoms with Gasteiger partial charge in [-0.2, -0.15) is 0 Å². The third-order valence-electron chi connectivity index (χ3n) is 1.77. The van der Waals surface area contributed by atoms with Crippen molar-refractivity contribution in [2.45, 2.75) is 18.8 Å². The van der Waals surface area contributed by atoms with E-state index in [0.717, 1.165) is 11.6 Å². The molecular weight excluding hydrogens is 128 g/mol. The SMILES string of the molecule is CNc1cc(C2CC2)no1. The zero-order valence-electron chi connectivity index (χ0n) is 5.92. The predicted molar refractivity (Wildman–Crippen MR) is 38.0 cm³/mol. The molecule has 0 amide bonds. The van der Waals surface area contributed by atoms with E-state index >= 15 is 0 Å². The number of hydrogen-bond acceptors (Lipinski definition) is 3. The van der Waals surface area contributed by atoms with Crippen molar-refractivity contribution in [3.63, 3.8) is 0 Å². The minimum atomic E-state index is 0.686. The van der Waals surface area contributed by atoms with Crippen LogP contribution in [-0.2, 0) is 0 Å². The molecule has 2 rings (SSSR count). The van der Waals surface area contributed by atoms with Crippen LogP contribution in [0, 0.1) is 0 Å². The lowest BCUT2D eigenvalue weighted by molar-refractivity contribution is 0.425. The lowest BCUT2D eigenvalue weighted by Gasteiger charge is -1.84. The van der Waals surface area contributed by atoms with Crippen molar-refractivity contribution in [1.82, 2.24) is 5.16 Å². The Bertz CT molecular complexity index is 227. The summed E-state index contributed by atoms with van der Waals surface area (Å²) in [4.78, 5) is 0. The monoisotopic (exact) mass is 138 g/mol. The van der Waals surface area contributed by atoms with Gasteiger partial charge in [-0.15, -0.1) is 0 Å². The van der Waals surface area contributed by atoms with Gasteiger partial charge in [0.05, 0.1) is 5.69 Å². The van der Waals surface area contributed by atoms with Crippen molar-refractivity contribution >= 4 is 5.88 Å². The van der Waals surface area contributed by atoms with Crippen LogP contribution in [0.3, 0.4) is 0 Å². The quantitative estimate of drug-likeness (QED) is 0.674. The largest absolute Gasteiger partial charge is 0.357 e. The first-order valence-electron chi connectivity index (χ1n) is 3.54. The number of rotatable bonds is 2. The summed E-state index contributed by atoms with van der Waals surface area (Å²) in [6.45, 7) is 0. The lowest BCUT2D eigenvalue weighted by Crippen LogP contribution is -1.82. The summed E-state index contributed by atoms with van der Waals surface area (Å²) in [7, 11) is 1.83. The molecule has 0 unspecified atom stereocenters. The first-order valence-corrected chi connectivity index (χ1v) is 3.54. The number of aromatic nitrogens is 1. The van der Waals surface area contributed by atoms with E-state index in [0.29, 0.717) is 5.92 Å². The van der Waals surface area contributed by atoms with Crippen molar-refractivity contribution in [1.29, 1.82) is 0 Å². The molecular formula is C7H10N2O. The Hall–Kier alpha value is -0.990. The standard InChI is InChI=1S/C7H10N2O/c1-8-7-4-6(9-10-7)5-2-3-5/h4-5,8H,2-3H2,1H3. The van der Waals surface area contributed by atoms with Gasteiger partial charge >= 0.3 is 0 Å². The molecule has 1 aromatic rings. The van der Waals surface area contributed by atoms with Gasteiger partial charge in [-0.05, 0) is 12.8 Å². The molecule has 0 aromatic carbocycles. The lowest BCUT2D eigenvalue weighted by atomic mass is 10.3. The van der Waals surface area contributed by atoms with Crippen molar-refractivity contribution < 1.29 is 4.52 Å². The van der Waals surface area contributed by atoms with E-state index in [9.17, 15) is 0 Å². The van der Waals surface area contributed by atoms with Crippen LogP contribution in [0.2, 0.25) is 0 Å². The van der Waals surface area contributed by atoms with Gasteiger partial charge < -0.3 is 9.84 Å². The molecule has 0 radical (unpaired) electrons. The fourth-order valence-corrected chi connectivity index (χ4v) is 0.978. The maximum atomic E-state index is 4.95. The number of anilines is 1. The molecule has 10 heavy (non-hydrogen) atoms. The molecule has 1 aromatic heterocycles. The second kappa shape index (κ2) is 2.01. The second-order valence-corrected chi connectivity index (χ2v) is 2.64. The highest BCUT2D eigenvalue weighted by Crippen LogP contribution is 2.39. The van der Waals surface area contributed by atoms with Gasteiger partial charge in [0.25, 0.3) is 0 Å². The van der Waals surface area contributed by atoms with Crippen LogP contribution in [0.4, 0.5) is 5.88 Å². The average Bonchev–Trinajstić information content (AvgIpc) is 2.70. The Morgan fingerprint density at radius 1 is 1.70 bits per heavy atom. The molecule has 1 N–H and O–H groups in total. The van der Waals surface area contributed by atoms with E-state index in [-0.39, 0.29) is 0 Å². The van der Waals surface area contributed by atoms with Crippen molar-refractivity contribution in [2.24, 2.45) is 0 Å². The fraction of sp³-hybridized carbons (Fsp3) is 0.571. The minimum absolute atomic E-state index is 0.686. The Morgan fingerprint density at radius 3 is 3.00 bits per heavy atom. The molecule has 0 atom stereocenters. The fourth-order valence-electron chi connectivity index (χ4n) is 0.978. The molecule has 1 aliphatic rings. The summed E-state index contributed by atoms with van der Waals surface area (Å²) in [6.07, 6.45) is 2.55. The van der Waals surface area contributed by atoms with Crippen LogP contribution in [0.5, 0.6) is 0 Å². The first-order chi connectivity index (χ1) is 4.90. The molecule has 54 valence electrons. The van der Waals surface area contributed by atoms with Gasteiger partial charge in [0.15, 0.2) is 0 Å². The molecule has 0 spiro atoms. The summed E-state index contributed by atoms with van der Waals surface area (Å²) >= 11 is 0. The maximum Gasteiger partial charge on any atom is 0.224 e. The molecule has 0 saturated heterocycles. The van der Waals surface area contributed by atoms with Gasteiger partial charge in [-0.1, -0.05) is 5.16 Å². The summed E-state index contributed by atoms with van der Waals surface area (Å²) in [5.74, 6) is 1.45. The predicted octanol–water partition coefficient (Wildman–Crippen LogP) is 1.59. The normalized spacial score (nSPS) is 17.3. The van der Waals surface area contributed by atoms with Gasteiger partial charge in [0.2, 0.25) is 5.88 Å². The van der Waals surface area contributed by atoms with E-state index in [2.05, 4.69) is 10.5 Å². The highest BCUT2D eigenvalue weighted by Gasteiger charge is 2.26. The first kappa shape index (κ1) is 5.77. The molecule has 1 fully saturated rings. The average molecular weight is 138 g/mol. The molecule has 0 aliphatic heterocycles. The van der Waals surface area contributed by atoms with E-state index in [1.165, 1.54) is 12.8 Å². The summed E-state index contributed by atoms with van der Waals surface area (Å²) < 4.78 is 4.95. The molecule has 0 bridgehead atoms. The van der Waals surface area contributed by atoms with Gasteiger partial charge in [0, 0.05) is 19.0 Å². The number of nitrogens with zero attached hydrogens (tertiary/aromatic N) is 1. The Balaban J connectivity index is 2.19. The van der Waals surface area contributed by atoms with E-state index in [4.69, 9.17) is 4.52 Å². The Morgan fingerprint density at radius 2 is 2.50 bits per heavy atom. The third-order valence-corrected chi connectivity index (χ3v) is 1.77. The number of nitrogens with one attached hydrogen (secondary N) is 1. The molecule has 3 nitrogen and oxygen atoms in total. The minimum Gasteiger partial charge on any atom is -0.357 e. The molecule has 1 saturated carbocycles. The maximum absolute atomic E-state index is 4.95. The Kier molecular flexibility index (Phi) is 1.16. The van der Waals surface area contributed by atoms with Crippen molar-refractivity contribution in [3.8, 4) is 0 Å². The van der Waals surface area contributed by atoms with E-state index < -0.39 is 0 Å². The summed E-state index contributed by atoms with van der Waals surface area (Å²) in [6, 6.07) is 1.97. The molecule has 3 heteroatoms. The van der Waals surface area contributed by atoms with Gasteiger partial charge in [-0.25, -0.2) is 0 Å². The highest BCUT2D eigenvalue weighted by atomic mass is 16.5. The topological polar surface area (TPSA) is 38.1 Å². The van der Waals surface area contributed by atoms with Crippen LogP contribution in [0.25, 0.3) is 0 Å². The van der Waals surface area contributed by atoms with Crippen molar-refractivity contribution in [2.75, 3.05) is 12.4 Å². The van der Waals surface area contributed by atoms with Gasteiger partial charge in [-0.3, -0.25) is 0 Å². The highest BCUT2D eigenvalue weighted by molar-refractivity contribution is 5.32. The zero-order chi connectivity index (χ0) is 6.97. The third kappa shape index (κ3) is 0.875. The van der Waals surface area contributed by atoms with Crippen LogP contribution in [0.15, 0.2) is 10.6 Å².